The van der Waals surface area contributed by atoms with E-state index in [1.54, 1.807) is 27.4 Å². The molecule has 0 aromatic heterocycles. The molecule has 3 heteroatoms. The second-order valence-electron chi connectivity index (χ2n) is 1.53. The van der Waals surface area contributed by atoms with Gasteiger partial charge in [0.1, 0.15) is 6.26 Å². The van der Waals surface area contributed by atoms with Crippen molar-refractivity contribution in [3.63, 3.8) is 0 Å². The van der Waals surface area contributed by atoms with Gasteiger partial charge in [-0.3, -0.25) is 0 Å². The fourth-order valence-corrected chi connectivity index (χ4v) is 0.418. The third kappa shape index (κ3) is 4.15. The van der Waals surface area contributed by atoms with Crippen LogP contribution < -0.4 is 0 Å². The van der Waals surface area contributed by atoms with Gasteiger partial charge in [-0.05, 0) is 0 Å². The van der Waals surface area contributed by atoms with Crippen LogP contribution in [-0.2, 0) is 14.2 Å². The molecule has 0 amide bonds. The number of hydrogen-bond acceptors (Lipinski definition) is 3. The fourth-order valence-electron chi connectivity index (χ4n) is 0.418. The summed E-state index contributed by atoms with van der Waals surface area (Å²) in [5, 5.41) is 0. The van der Waals surface area contributed by atoms with Crippen molar-refractivity contribution in [2.24, 2.45) is 0 Å². The van der Waals surface area contributed by atoms with Crippen molar-refractivity contribution in [3.8, 4) is 0 Å². The van der Waals surface area contributed by atoms with Crippen molar-refractivity contribution in [3.05, 3.63) is 18.1 Å². The first kappa shape index (κ1) is 9.24. The highest BCUT2D eigenvalue weighted by Gasteiger charge is 1.94. The maximum absolute atomic E-state index is 4.83. The van der Waals surface area contributed by atoms with E-state index < -0.39 is 0 Å². The van der Waals surface area contributed by atoms with Crippen molar-refractivity contribution >= 4 is 0 Å². The minimum absolute atomic E-state index is 0.341. The molecule has 3 nitrogen and oxygen atoms in total. The Bertz CT molecular complexity index is 121. The van der Waals surface area contributed by atoms with Crippen molar-refractivity contribution in [2.75, 3.05) is 21.3 Å². The number of hydrogen-bond donors (Lipinski definition) is 0. The molecule has 0 bridgehead atoms. The molecule has 10 heavy (non-hydrogen) atoms. The lowest BCUT2D eigenvalue weighted by atomic mass is 10.6. The predicted molar refractivity (Wildman–Crippen MR) is 37.5 cm³/mol. The van der Waals surface area contributed by atoms with E-state index in [0.29, 0.717) is 0 Å². The summed E-state index contributed by atoms with van der Waals surface area (Å²) in [6.45, 7) is 0. The van der Waals surface area contributed by atoms with E-state index in [-0.39, 0.29) is 6.29 Å². The molecule has 0 spiro atoms. The van der Waals surface area contributed by atoms with Crippen LogP contribution in [0.3, 0.4) is 0 Å². The van der Waals surface area contributed by atoms with Crippen molar-refractivity contribution in [1.82, 2.24) is 0 Å². The Kier molecular flexibility index (Phi) is 5.88. The first-order chi connectivity index (χ1) is 4.85. The quantitative estimate of drug-likeness (QED) is 0.333. The zero-order valence-corrected chi connectivity index (χ0v) is 6.46. The zero-order chi connectivity index (χ0) is 7.82. The van der Waals surface area contributed by atoms with E-state index in [0.717, 1.165) is 0 Å². The molecule has 0 saturated carbocycles. The number of ether oxygens (including phenoxy) is 3. The Morgan fingerprint density at radius 2 is 1.80 bits per heavy atom. The molecule has 0 atom stereocenters. The molecule has 0 N–H and O–H groups in total. The van der Waals surface area contributed by atoms with E-state index >= 15 is 0 Å². The van der Waals surface area contributed by atoms with E-state index in [2.05, 4.69) is 10.5 Å². The molecule has 0 rings (SSSR count). The average Bonchev–Trinajstić information content (AvgIpc) is 1.99. The normalized spacial score (nSPS) is 8.80. The summed E-state index contributed by atoms with van der Waals surface area (Å²) in [4.78, 5) is 0. The first-order valence-corrected chi connectivity index (χ1v) is 2.84. The lowest BCUT2D eigenvalue weighted by molar-refractivity contribution is -0.0665. The second kappa shape index (κ2) is 6.36. The molecule has 0 radical (unpaired) electrons. The fraction of sp³-hybridized carbons (Fsp3) is 0.571. The highest BCUT2D eigenvalue weighted by molar-refractivity contribution is 4.82. The maximum atomic E-state index is 4.83. The van der Waals surface area contributed by atoms with Gasteiger partial charge < -0.3 is 14.2 Å². The van der Waals surface area contributed by atoms with Crippen molar-refractivity contribution < 1.29 is 14.2 Å². The summed E-state index contributed by atoms with van der Waals surface area (Å²) in [5.41, 5.74) is 2.71. The Morgan fingerprint density at radius 3 is 2.20 bits per heavy atom. The van der Waals surface area contributed by atoms with Crippen LogP contribution in [0.1, 0.15) is 0 Å². The molecule has 0 aliphatic carbocycles. The molecule has 0 aromatic rings. The summed E-state index contributed by atoms with van der Waals surface area (Å²) in [6.07, 6.45) is 2.69. The van der Waals surface area contributed by atoms with Gasteiger partial charge >= 0.3 is 0 Å². The van der Waals surface area contributed by atoms with E-state index in [4.69, 9.17) is 9.47 Å². The van der Waals surface area contributed by atoms with E-state index in [1.807, 2.05) is 0 Å². The van der Waals surface area contributed by atoms with Gasteiger partial charge in [-0.15, -0.1) is 0 Å². The van der Waals surface area contributed by atoms with Crippen LogP contribution in [0, 0.1) is 0 Å². The highest BCUT2D eigenvalue weighted by atomic mass is 16.7. The van der Waals surface area contributed by atoms with Gasteiger partial charge in [0, 0.05) is 20.3 Å². The lowest BCUT2D eigenvalue weighted by Crippen LogP contribution is -2.07. The Hall–Kier alpha value is -0.760. The minimum Gasteiger partial charge on any atom is -0.496 e. The summed E-state index contributed by atoms with van der Waals surface area (Å²) < 4.78 is 14.3. The predicted octanol–water partition coefficient (Wildman–Crippen LogP) is 0.920. The molecule has 0 unspecified atom stereocenters. The number of methoxy groups -OCH3 is 3. The molecule has 0 aromatic carbocycles. The van der Waals surface area contributed by atoms with Crippen LogP contribution in [0.15, 0.2) is 18.1 Å². The van der Waals surface area contributed by atoms with Gasteiger partial charge in [0.05, 0.1) is 7.11 Å². The summed E-state index contributed by atoms with van der Waals surface area (Å²) >= 11 is 0. The van der Waals surface area contributed by atoms with Crippen LogP contribution in [-0.4, -0.2) is 27.6 Å². The van der Waals surface area contributed by atoms with Crippen molar-refractivity contribution in [2.45, 2.75) is 6.29 Å². The Morgan fingerprint density at radius 1 is 1.20 bits per heavy atom. The molecule has 0 aliphatic heterocycles. The van der Waals surface area contributed by atoms with Crippen LogP contribution in [0.4, 0.5) is 0 Å². The largest absolute Gasteiger partial charge is 0.496 e. The Labute approximate surface area is 60.9 Å². The van der Waals surface area contributed by atoms with Gasteiger partial charge in [-0.1, -0.05) is 5.73 Å². The molecule has 0 fully saturated rings. The summed E-state index contributed by atoms with van der Waals surface area (Å²) in [5.74, 6) is 0. The van der Waals surface area contributed by atoms with E-state index in [9.17, 15) is 0 Å². The van der Waals surface area contributed by atoms with Crippen LogP contribution in [0.2, 0.25) is 0 Å². The van der Waals surface area contributed by atoms with E-state index in [1.165, 1.54) is 6.26 Å². The highest BCUT2D eigenvalue weighted by Crippen LogP contribution is 1.90. The third-order valence-electron chi connectivity index (χ3n) is 0.883. The molecule has 0 aliphatic rings. The maximum Gasteiger partial charge on any atom is 0.183 e. The molecular formula is C7H12O3. The Balaban J connectivity index is 3.71. The third-order valence-corrected chi connectivity index (χ3v) is 0.883. The minimum atomic E-state index is -0.341. The van der Waals surface area contributed by atoms with Crippen LogP contribution >= 0.6 is 0 Å². The summed E-state index contributed by atoms with van der Waals surface area (Å²) in [6, 6.07) is 0. The molecule has 58 valence electrons. The smallest absolute Gasteiger partial charge is 0.183 e. The summed E-state index contributed by atoms with van der Waals surface area (Å²) in [7, 11) is 4.66. The molecule has 0 saturated heterocycles. The molecular weight excluding hydrogens is 132 g/mol. The second-order valence-corrected chi connectivity index (χ2v) is 1.53. The van der Waals surface area contributed by atoms with Gasteiger partial charge in [0.15, 0.2) is 6.29 Å². The zero-order valence-electron chi connectivity index (χ0n) is 6.46. The molecule has 0 heterocycles. The van der Waals surface area contributed by atoms with Gasteiger partial charge in [0.2, 0.25) is 0 Å². The topological polar surface area (TPSA) is 27.7 Å². The van der Waals surface area contributed by atoms with Gasteiger partial charge in [-0.25, -0.2) is 0 Å². The van der Waals surface area contributed by atoms with Gasteiger partial charge in [-0.2, -0.15) is 0 Å². The lowest BCUT2D eigenvalue weighted by Gasteiger charge is -2.04. The first-order valence-electron chi connectivity index (χ1n) is 2.84. The van der Waals surface area contributed by atoms with Gasteiger partial charge in [0.25, 0.3) is 0 Å². The van der Waals surface area contributed by atoms with Crippen LogP contribution in [0.25, 0.3) is 0 Å². The van der Waals surface area contributed by atoms with Crippen LogP contribution in [0.5, 0.6) is 0 Å². The average molecular weight is 144 g/mol. The monoisotopic (exact) mass is 144 g/mol. The number of rotatable bonds is 4. The standard InChI is InChI=1S/C7H12O3/c1-8-6-4-5-7(9-2)10-3/h5-7H,1-3H3. The SMILES string of the molecule is COC=C=CC(OC)OC. The van der Waals surface area contributed by atoms with Crippen molar-refractivity contribution in [1.29, 1.82) is 0 Å².